The number of ether oxygens (including phenoxy) is 7. The molecule has 21 nitrogen and oxygen atoms in total. The molecule has 1 aromatic carbocycles. The molecule has 4 heterocycles. The van der Waals surface area contributed by atoms with Crippen molar-refractivity contribution in [1.82, 2.24) is 24.8 Å². The standard InChI is InChI=1S/C49H82N6O15/c1-15-38-49(10,61)42(57)31(6)53(12)24-27(2)22-47(8,60)44(29(4)41(30(5)45(59)68-38)69-39-23-48(9,65-14)43(58)32(7)67-39)70-46-40(56)36(20-28(3)66-46)52(11)19-18-34-26-54(51-50-34)25-33-16-17-35(55(62)63)37(21-33)64-13/h16-17,21,26-32,36,38-44,46,56-58,60-61H,15,18-20,22-25H2,1-14H3/t27-,28-,29+,30-,31-,32+,36+,38-,39+,40-,41+,42-,43+,44-,46+,47-,48-,49-/m1/s1. The van der Waals surface area contributed by atoms with Crippen LogP contribution in [-0.2, 0) is 46.2 Å². The summed E-state index contributed by atoms with van der Waals surface area (Å²) in [7, 11) is 6.59. The van der Waals surface area contributed by atoms with Crippen LogP contribution in [0, 0.1) is 27.9 Å². The van der Waals surface area contributed by atoms with Crippen molar-refractivity contribution in [3.63, 3.8) is 0 Å². The van der Waals surface area contributed by atoms with E-state index in [1.807, 2.05) is 37.7 Å². The number of aliphatic hydroxyl groups is 5. The second-order valence-electron chi connectivity index (χ2n) is 21.1. The van der Waals surface area contributed by atoms with E-state index in [1.165, 1.54) is 27.2 Å². The fourth-order valence-corrected chi connectivity index (χ4v) is 10.8. The third-order valence-electron chi connectivity index (χ3n) is 15.2. The fraction of sp³-hybridized carbons (Fsp3) is 0.816. The van der Waals surface area contributed by atoms with Gasteiger partial charge in [0.1, 0.15) is 30.0 Å². The summed E-state index contributed by atoms with van der Waals surface area (Å²) in [5.74, 6) is -2.71. The highest BCUT2D eigenvalue weighted by atomic mass is 16.7. The highest BCUT2D eigenvalue weighted by Gasteiger charge is 2.53. The molecule has 3 aliphatic heterocycles. The maximum Gasteiger partial charge on any atom is 0.311 e. The fourth-order valence-electron chi connectivity index (χ4n) is 10.8. The summed E-state index contributed by atoms with van der Waals surface area (Å²) in [4.78, 5) is 29.3. The van der Waals surface area contributed by atoms with Crippen LogP contribution in [0.1, 0.15) is 106 Å². The summed E-state index contributed by atoms with van der Waals surface area (Å²) < 4.78 is 45.0. The Morgan fingerprint density at radius 3 is 2.31 bits per heavy atom. The molecule has 3 aliphatic rings. The van der Waals surface area contributed by atoms with Crippen molar-refractivity contribution >= 4 is 11.7 Å². The zero-order valence-corrected chi connectivity index (χ0v) is 43.6. The highest BCUT2D eigenvalue weighted by molar-refractivity contribution is 5.73. The van der Waals surface area contributed by atoms with Crippen molar-refractivity contribution in [2.45, 2.75) is 198 Å². The normalized spacial score (nSPS) is 39.8. The Morgan fingerprint density at radius 2 is 1.69 bits per heavy atom. The molecule has 398 valence electrons. The van der Waals surface area contributed by atoms with Gasteiger partial charge in [-0.15, -0.1) is 5.10 Å². The van der Waals surface area contributed by atoms with Gasteiger partial charge in [0.15, 0.2) is 18.3 Å². The van der Waals surface area contributed by atoms with E-state index in [2.05, 4.69) is 10.3 Å². The Balaban J connectivity index is 1.44. The van der Waals surface area contributed by atoms with Crippen LogP contribution in [0.2, 0.25) is 0 Å². The van der Waals surface area contributed by atoms with Crippen molar-refractivity contribution < 1.29 is 68.4 Å². The Hall–Kier alpha value is -3.45. The lowest BCUT2D eigenvalue weighted by molar-refractivity contribution is -0.385. The van der Waals surface area contributed by atoms with Crippen LogP contribution in [0.15, 0.2) is 24.4 Å². The maximum absolute atomic E-state index is 14.5. The Bertz CT molecular complexity index is 2030. The Kier molecular flexibility index (Phi) is 19.4. The van der Waals surface area contributed by atoms with Gasteiger partial charge in [0.05, 0.1) is 65.8 Å². The van der Waals surface area contributed by atoms with Gasteiger partial charge >= 0.3 is 11.7 Å². The Morgan fingerprint density at radius 1 is 1.00 bits per heavy atom. The molecule has 0 aliphatic carbocycles. The van der Waals surface area contributed by atoms with Crippen molar-refractivity contribution in [3.8, 4) is 5.75 Å². The van der Waals surface area contributed by atoms with E-state index in [4.69, 9.17) is 33.2 Å². The third-order valence-corrected chi connectivity index (χ3v) is 15.2. The monoisotopic (exact) mass is 995 g/mol. The average molecular weight is 995 g/mol. The predicted molar refractivity (Wildman–Crippen MR) is 256 cm³/mol. The highest BCUT2D eigenvalue weighted by Crippen LogP contribution is 2.40. The molecule has 5 N–H and O–H groups in total. The van der Waals surface area contributed by atoms with Crippen molar-refractivity contribution in [2.75, 3.05) is 41.4 Å². The molecule has 0 spiro atoms. The van der Waals surface area contributed by atoms with E-state index < -0.39 is 113 Å². The third kappa shape index (κ3) is 13.2. The zero-order valence-electron chi connectivity index (χ0n) is 43.6. The van der Waals surface area contributed by atoms with Gasteiger partial charge in [-0.05, 0) is 99.4 Å². The van der Waals surface area contributed by atoms with E-state index >= 15 is 0 Å². The van der Waals surface area contributed by atoms with Gasteiger partial charge in [-0.25, -0.2) is 4.68 Å². The van der Waals surface area contributed by atoms with E-state index in [9.17, 15) is 40.4 Å². The second kappa shape index (κ2) is 23.6. The van der Waals surface area contributed by atoms with Crippen molar-refractivity contribution in [1.29, 1.82) is 0 Å². The van der Waals surface area contributed by atoms with Crippen LogP contribution in [0.5, 0.6) is 5.75 Å². The molecule has 1 aromatic heterocycles. The topological polar surface area (TPSA) is 263 Å². The smallest absolute Gasteiger partial charge is 0.311 e. The van der Waals surface area contributed by atoms with E-state index in [0.29, 0.717) is 38.2 Å². The molecule has 21 heteroatoms. The van der Waals surface area contributed by atoms with Crippen LogP contribution in [0.25, 0.3) is 0 Å². The number of esters is 1. The van der Waals surface area contributed by atoms with Crippen LogP contribution in [-0.4, -0.2) is 193 Å². The maximum atomic E-state index is 14.5. The first kappa shape index (κ1) is 57.5. The molecule has 2 aromatic rings. The SMILES string of the molecule is CC[C@H]1OC(=O)[C@H](C)[C@@H](O[C@H]2C[C@@](C)(OC)[C@@H](O)[C@H](C)O2)[C@H](C)[C@@H](O[C@@H]2O[C@H](C)C[C@H](N(C)CCc3cn(Cc4ccc([N+](=O)[O-])c(OC)c4)nn3)[C@H]2O)[C@](C)(O)C[C@@H](C)CN(C)[C@H](C)[C@@H](O)[C@]1(C)O. The molecule has 0 radical (unpaired) electrons. The molecule has 3 saturated heterocycles. The molecule has 70 heavy (non-hydrogen) atoms. The van der Waals surface area contributed by atoms with E-state index in [-0.39, 0.29) is 36.6 Å². The number of hydrogen-bond acceptors (Lipinski definition) is 19. The van der Waals surface area contributed by atoms with E-state index in [1.54, 1.807) is 71.5 Å². The van der Waals surface area contributed by atoms with Crippen LogP contribution in [0.3, 0.4) is 0 Å². The summed E-state index contributed by atoms with van der Waals surface area (Å²) >= 11 is 0. The summed E-state index contributed by atoms with van der Waals surface area (Å²) in [5.41, 5.74) is -3.28. The van der Waals surface area contributed by atoms with Gasteiger partial charge in [0, 0.05) is 63.3 Å². The van der Waals surface area contributed by atoms with Crippen LogP contribution >= 0.6 is 0 Å². The minimum atomic E-state index is -1.85. The number of nitrogens with zero attached hydrogens (tertiary/aromatic N) is 6. The molecule has 0 saturated carbocycles. The first-order valence-corrected chi connectivity index (χ1v) is 24.6. The number of nitro benzene ring substituents is 1. The number of likely N-dealkylation sites (N-methyl/N-ethyl adjacent to an activating group) is 2. The lowest BCUT2D eigenvalue weighted by Crippen LogP contribution is -2.61. The lowest BCUT2D eigenvalue weighted by Gasteiger charge is -2.49. The largest absolute Gasteiger partial charge is 0.490 e. The number of benzene rings is 1. The summed E-state index contributed by atoms with van der Waals surface area (Å²) in [6, 6.07) is 3.58. The van der Waals surface area contributed by atoms with Crippen LogP contribution < -0.4 is 4.74 Å². The number of aliphatic hydroxyl groups excluding tert-OH is 3. The zero-order chi connectivity index (χ0) is 52.2. The molecule has 0 amide bonds. The first-order valence-electron chi connectivity index (χ1n) is 24.6. The summed E-state index contributed by atoms with van der Waals surface area (Å²) in [6.45, 7) is 18.6. The average Bonchev–Trinajstić information content (AvgIpc) is 3.75. The molecule has 5 rings (SSSR count). The molecule has 0 bridgehead atoms. The molecular weight excluding hydrogens is 913 g/mol. The van der Waals surface area contributed by atoms with Gasteiger partial charge in [-0.3, -0.25) is 14.9 Å². The van der Waals surface area contributed by atoms with Gasteiger partial charge < -0.3 is 68.5 Å². The molecular formula is C49H82N6O15. The number of rotatable bonds is 14. The minimum Gasteiger partial charge on any atom is -0.490 e. The minimum absolute atomic E-state index is 0.0863. The molecule has 18 atom stereocenters. The quantitative estimate of drug-likeness (QED) is 0.103. The number of methoxy groups -OCH3 is 2. The number of carbonyl (C=O) groups excluding carboxylic acids is 1. The van der Waals surface area contributed by atoms with Gasteiger partial charge in [0.25, 0.3) is 0 Å². The number of carbonyl (C=O) groups is 1. The molecule has 3 fully saturated rings. The number of nitro groups is 1. The number of cyclic esters (lactones) is 1. The van der Waals surface area contributed by atoms with Gasteiger partial charge in [-0.1, -0.05) is 32.1 Å². The summed E-state index contributed by atoms with van der Waals surface area (Å²) in [6.07, 6.45) is -7.07. The van der Waals surface area contributed by atoms with Gasteiger partial charge in [0.2, 0.25) is 0 Å². The van der Waals surface area contributed by atoms with Crippen LogP contribution in [0.4, 0.5) is 5.69 Å². The second-order valence-corrected chi connectivity index (χ2v) is 21.1. The van der Waals surface area contributed by atoms with Crippen molar-refractivity contribution in [3.05, 3.63) is 45.8 Å². The predicted octanol–water partition coefficient (Wildman–Crippen LogP) is 3.07. The Labute approximate surface area is 412 Å². The lowest BCUT2D eigenvalue weighted by atomic mass is 9.77. The molecule has 0 unspecified atom stereocenters. The van der Waals surface area contributed by atoms with Gasteiger partial charge in [-0.2, -0.15) is 0 Å². The van der Waals surface area contributed by atoms with E-state index in [0.717, 1.165) is 5.56 Å². The summed E-state index contributed by atoms with van der Waals surface area (Å²) in [5, 5.41) is 79.6. The number of aromatic nitrogens is 3. The first-order chi connectivity index (χ1) is 32.7. The number of hydrogen-bond donors (Lipinski definition) is 5. The van der Waals surface area contributed by atoms with Crippen molar-refractivity contribution in [2.24, 2.45) is 17.8 Å².